The van der Waals surface area contributed by atoms with Crippen LogP contribution in [0.25, 0.3) is 0 Å². The molecule has 0 aliphatic heterocycles. The van der Waals surface area contributed by atoms with Gasteiger partial charge in [0, 0.05) is 6.42 Å². The number of unbranched alkanes of at least 4 members (excludes halogenated alkanes) is 2. The molecule has 0 spiro atoms. The monoisotopic (exact) mass is 264 g/mol. The number of hydrogen-bond donors (Lipinski definition) is 3. The van der Waals surface area contributed by atoms with E-state index in [1.54, 1.807) is 30.3 Å². The van der Waals surface area contributed by atoms with Gasteiger partial charge in [0.15, 0.2) is 6.04 Å². The Hall–Kier alpha value is -1.88. The minimum atomic E-state index is -1.05. The van der Waals surface area contributed by atoms with E-state index in [2.05, 4.69) is 5.32 Å². The van der Waals surface area contributed by atoms with Crippen molar-refractivity contribution in [2.24, 2.45) is 5.73 Å². The zero-order chi connectivity index (χ0) is 14.1. The Morgan fingerprint density at radius 3 is 2.42 bits per heavy atom. The first-order valence-electron chi connectivity index (χ1n) is 6.42. The fourth-order valence-corrected chi connectivity index (χ4v) is 1.77. The van der Waals surface area contributed by atoms with Crippen LogP contribution in [0.15, 0.2) is 30.3 Å². The Kier molecular flexibility index (Phi) is 6.60. The number of rotatable bonds is 8. The van der Waals surface area contributed by atoms with E-state index in [1.165, 1.54) is 0 Å². The number of hydrogen-bond acceptors (Lipinski definition) is 3. The quantitative estimate of drug-likeness (QED) is 0.619. The molecule has 0 aliphatic rings. The highest BCUT2D eigenvalue weighted by atomic mass is 16.4. The summed E-state index contributed by atoms with van der Waals surface area (Å²) in [4.78, 5) is 22.9. The smallest absolute Gasteiger partial charge is 0.330 e. The van der Waals surface area contributed by atoms with Crippen LogP contribution in [-0.4, -0.2) is 23.5 Å². The summed E-state index contributed by atoms with van der Waals surface area (Å²) in [6, 6.07) is 7.69. The van der Waals surface area contributed by atoms with Gasteiger partial charge in [0.05, 0.1) is 0 Å². The number of carbonyl (C=O) groups is 2. The van der Waals surface area contributed by atoms with Gasteiger partial charge in [-0.15, -0.1) is 0 Å². The van der Waals surface area contributed by atoms with Crippen molar-refractivity contribution in [2.75, 3.05) is 6.54 Å². The molecule has 1 rings (SSSR count). The number of carboxylic acids is 1. The molecular weight excluding hydrogens is 244 g/mol. The van der Waals surface area contributed by atoms with Crippen LogP contribution in [0, 0.1) is 0 Å². The van der Waals surface area contributed by atoms with Gasteiger partial charge in [-0.2, -0.15) is 0 Å². The molecule has 5 nitrogen and oxygen atoms in total. The van der Waals surface area contributed by atoms with Crippen LogP contribution >= 0.6 is 0 Å². The Labute approximate surface area is 112 Å². The van der Waals surface area contributed by atoms with Gasteiger partial charge in [0.25, 0.3) is 0 Å². The van der Waals surface area contributed by atoms with E-state index in [-0.39, 0.29) is 5.91 Å². The van der Waals surface area contributed by atoms with E-state index in [4.69, 9.17) is 10.8 Å². The van der Waals surface area contributed by atoms with Crippen LogP contribution in [-0.2, 0) is 9.59 Å². The molecule has 0 radical (unpaired) electrons. The van der Waals surface area contributed by atoms with Crippen molar-refractivity contribution in [1.82, 2.24) is 5.32 Å². The Morgan fingerprint density at radius 1 is 1.16 bits per heavy atom. The van der Waals surface area contributed by atoms with E-state index >= 15 is 0 Å². The number of aliphatic carboxylic acids is 1. The summed E-state index contributed by atoms with van der Waals surface area (Å²) >= 11 is 0. The second kappa shape index (κ2) is 8.26. The lowest BCUT2D eigenvalue weighted by atomic mass is 10.1. The van der Waals surface area contributed by atoms with Gasteiger partial charge in [-0.3, -0.25) is 4.79 Å². The summed E-state index contributed by atoms with van der Waals surface area (Å²) in [7, 11) is 0. The lowest BCUT2D eigenvalue weighted by Crippen LogP contribution is -2.33. The number of nitrogens with two attached hydrogens (primary N) is 1. The maximum atomic E-state index is 11.7. The minimum Gasteiger partial charge on any atom is -0.479 e. The molecule has 19 heavy (non-hydrogen) atoms. The van der Waals surface area contributed by atoms with E-state index < -0.39 is 12.0 Å². The Balaban J connectivity index is 2.51. The summed E-state index contributed by atoms with van der Waals surface area (Å²) in [6.07, 6.45) is 2.82. The minimum absolute atomic E-state index is 0.242. The average molecular weight is 264 g/mol. The third-order valence-electron chi connectivity index (χ3n) is 2.79. The van der Waals surface area contributed by atoms with E-state index in [1.807, 2.05) is 0 Å². The van der Waals surface area contributed by atoms with Crippen molar-refractivity contribution in [2.45, 2.75) is 31.7 Å². The molecule has 1 atom stereocenters. The number of nitrogens with one attached hydrogen (secondary N) is 1. The molecule has 0 aromatic heterocycles. The van der Waals surface area contributed by atoms with Crippen LogP contribution < -0.4 is 11.1 Å². The number of amides is 1. The topological polar surface area (TPSA) is 92.4 Å². The van der Waals surface area contributed by atoms with Crippen LogP contribution in [0.2, 0.25) is 0 Å². The van der Waals surface area contributed by atoms with Crippen LogP contribution in [0.5, 0.6) is 0 Å². The zero-order valence-corrected chi connectivity index (χ0v) is 10.8. The molecule has 0 aliphatic carbocycles. The number of benzene rings is 1. The SMILES string of the molecule is NCCCCCC(=O)N[C@@H](C(=O)O)c1ccccc1. The van der Waals surface area contributed by atoms with Crippen LogP contribution in [0.3, 0.4) is 0 Å². The largest absolute Gasteiger partial charge is 0.479 e. The van der Waals surface area contributed by atoms with Crippen molar-refractivity contribution in [3.05, 3.63) is 35.9 Å². The normalized spacial score (nSPS) is 11.8. The van der Waals surface area contributed by atoms with Crippen molar-refractivity contribution in [1.29, 1.82) is 0 Å². The lowest BCUT2D eigenvalue weighted by Gasteiger charge is -2.14. The lowest BCUT2D eigenvalue weighted by molar-refractivity contribution is -0.142. The molecular formula is C14H20N2O3. The third-order valence-corrected chi connectivity index (χ3v) is 2.79. The molecule has 0 fully saturated rings. The highest BCUT2D eigenvalue weighted by Crippen LogP contribution is 2.13. The summed E-state index contributed by atoms with van der Waals surface area (Å²) in [6.45, 7) is 0.614. The molecule has 1 aromatic rings. The maximum Gasteiger partial charge on any atom is 0.330 e. The molecule has 1 amide bonds. The van der Waals surface area contributed by atoms with Crippen LogP contribution in [0.4, 0.5) is 0 Å². The van der Waals surface area contributed by atoms with E-state index in [0.29, 0.717) is 18.5 Å². The molecule has 0 saturated carbocycles. The van der Waals surface area contributed by atoms with E-state index in [0.717, 1.165) is 19.3 Å². The first-order valence-corrected chi connectivity index (χ1v) is 6.42. The van der Waals surface area contributed by atoms with Crippen molar-refractivity contribution >= 4 is 11.9 Å². The summed E-state index contributed by atoms with van der Waals surface area (Å²) in [5.41, 5.74) is 5.94. The van der Waals surface area contributed by atoms with Gasteiger partial charge in [0.2, 0.25) is 5.91 Å². The van der Waals surface area contributed by atoms with Gasteiger partial charge >= 0.3 is 5.97 Å². The fraction of sp³-hybridized carbons (Fsp3) is 0.429. The Bertz CT molecular complexity index is 406. The fourth-order valence-electron chi connectivity index (χ4n) is 1.77. The van der Waals surface area contributed by atoms with Crippen molar-refractivity contribution < 1.29 is 14.7 Å². The second-order valence-corrected chi connectivity index (χ2v) is 4.35. The standard InChI is InChI=1S/C14H20N2O3/c15-10-6-2-5-9-12(17)16-13(14(18)19)11-7-3-1-4-8-11/h1,3-4,7-8,13H,2,5-6,9-10,15H2,(H,16,17)(H,18,19)/t13-/m1/s1. The highest BCUT2D eigenvalue weighted by Gasteiger charge is 2.21. The second-order valence-electron chi connectivity index (χ2n) is 4.35. The Morgan fingerprint density at radius 2 is 1.84 bits per heavy atom. The molecule has 0 saturated heterocycles. The molecule has 0 unspecified atom stereocenters. The number of carboxylic acid groups (broad SMARTS) is 1. The van der Waals surface area contributed by atoms with Gasteiger partial charge in [-0.05, 0) is 24.9 Å². The van der Waals surface area contributed by atoms with Gasteiger partial charge in [-0.25, -0.2) is 4.79 Å². The summed E-state index contributed by atoms with van der Waals surface area (Å²) in [5, 5.41) is 11.7. The highest BCUT2D eigenvalue weighted by molar-refractivity contribution is 5.84. The predicted molar refractivity (Wildman–Crippen MR) is 72.5 cm³/mol. The molecule has 1 aromatic carbocycles. The zero-order valence-electron chi connectivity index (χ0n) is 10.8. The number of carbonyl (C=O) groups excluding carboxylic acids is 1. The molecule has 0 heterocycles. The van der Waals surface area contributed by atoms with E-state index in [9.17, 15) is 9.59 Å². The molecule has 104 valence electrons. The average Bonchev–Trinajstić information content (AvgIpc) is 2.41. The van der Waals surface area contributed by atoms with Gasteiger partial charge in [-0.1, -0.05) is 36.8 Å². The van der Waals surface area contributed by atoms with Crippen LogP contribution in [0.1, 0.15) is 37.3 Å². The van der Waals surface area contributed by atoms with Gasteiger partial charge in [0.1, 0.15) is 0 Å². The third kappa shape index (κ3) is 5.52. The molecule has 4 N–H and O–H groups in total. The maximum absolute atomic E-state index is 11.7. The van der Waals surface area contributed by atoms with Crippen molar-refractivity contribution in [3.63, 3.8) is 0 Å². The molecule has 0 bridgehead atoms. The first kappa shape index (κ1) is 15.2. The van der Waals surface area contributed by atoms with Crippen molar-refractivity contribution in [3.8, 4) is 0 Å². The predicted octanol–water partition coefficient (Wildman–Crippen LogP) is 1.45. The van der Waals surface area contributed by atoms with Gasteiger partial charge < -0.3 is 16.2 Å². The summed E-state index contributed by atoms with van der Waals surface area (Å²) < 4.78 is 0. The molecule has 5 heteroatoms. The summed E-state index contributed by atoms with van der Waals surface area (Å²) in [5.74, 6) is -1.30. The first-order chi connectivity index (χ1) is 9.15.